The van der Waals surface area contributed by atoms with Gasteiger partial charge in [0.15, 0.2) is 5.75 Å². The van der Waals surface area contributed by atoms with Crippen LogP contribution in [0.4, 0.5) is 22.7 Å². The molecule has 6 rings (SSSR count). The van der Waals surface area contributed by atoms with Crippen LogP contribution in [0.1, 0.15) is 38.3 Å². The van der Waals surface area contributed by atoms with Crippen LogP contribution in [0.15, 0.2) is 96.6 Å². The number of benzene rings is 5. The number of aryl methyl sites for hydroxylation is 3. The van der Waals surface area contributed by atoms with Crippen molar-refractivity contribution >= 4 is 100 Å². The van der Waals surface area contributed by atoms with E-state index >= 15 is 0 Å². The molecule has 0 spiro atoms. The van der Waals surface area contributed by atoms with E-state index in [0.717, 1.165) is 16.7 Å². The van der Waals surface area contributed by atoms with E-state index < -0.39 is 5.78 Å². The Labute approximate surface area is 471 Å². The standard InChI is InChI=1S/C25H23N3O2S2.C10H8N2O2S2.4Na.10H2O.4H2/c1-13-4-5-16(10-14(13)2)17-6-8-19(15(3)11-17)27-28-20-9-7-18-21(31)12-22(32-30)24(26)23(18)25(20)29;11-5-2-1-4-7(16-14)3-6(15)9(12)8(4)10(5)13;;;;;;;;;;;;;;;;;;/h4-12,29-31H,26H2,1-3H3;1-3,11,14-15H,12H2;;;;;10*1H2;4*1H/q;;4*+1;;;;;;;;;;;;;;/p-3. The average molecular weight is 991 g/mol. The molecule has 0 radical (unpaired) electrons. The Hall–Kier alpha value is -0.900. The zero-order valence-corrected chi connectivity index (χ0v) is 46.1. The van der Waals surface area contributed by atoms with Crippen molar-refractivity contribution in [1.29, 1.82) is 5.41 Å². The molecular weight excluding hydrogens is 935 g/mol. The van der Waals surface area contributed by atoms with Crippen molar-refractivity contribution in [2.75, 3.05) is 11.5 Å². The minimum absolute atomic E-state index is 0. The third kappa shape index (κ3) is 18.4. The monoisotopic (exact) mass is 990 g/mol. The first-order chi connectivity index (χ1) is 22.9. The Kier molecular flexibility index (Phi) is 50.7. The van der Waals surface area contributed by atoms with E-state index in [1.165, 1.54) is 17.2 Å². The number of nitrogens with two attached hydrogens (primary N) is 2. The third-order valence-electron chi connectivity index (χ3n) is 7.94. The Balaban J connectivity index is -0.0000000593. The quantitative estimate of drug-likeness (QED) is 0.0316. The van der Waals surface area contributed by atoms with Gasteiger partial charge in [0.05, 0.1) is 21.8 Å². The topological polar surface area (TPSA) is 492 Å². The van der Waals surface area contributed by atoms with Crippen molar-refractivity contribution in [3.8, 4) is 16.9 Å². The molecule has 0 saturated carbocycles. The normalized spacial score (nSPS) is 9.56. The number of allylic oxidation sites excluding steroid dienone is 1. The molecule has 0 heterocycles. The fourth-order valence-corrected chi connectivity index (χ4v) is 6.58. The molecule has 1 aliphatic rings. The Bertz CT molecular complexity index is 2270. The van der Waals surface area contributed by atoms with Crippen molar-refractivity contribution in [2.24, 2.45) is 10.2 Å². The summed E-state index contributed by atoms with van der Waals surface area (Å²) in [7, 11) is 0. The summed E-state index contributed by atoms with van der Waals surface area (Å²) in [6.45, 7) is 6.18. The molecule has 0 atom stereocenters. The molecule has 0 fully saturated rings. The van der Waals surface area contributed by atoms with Gasteiger partial charge in [-0.2, -0.15) is 14.9 Å². The summed E-state index contributed by atoms with van der Waals surface area (Å²) in [6.07, 6.45) is 2.97. The number of fused-ring (bicyclic) bond motifs is 2. The number of aromatic hydroxyl groups is 1. The maximum absolute atomic E-state index is 11.8. The molecule has 1 aliphatic carbocycles. The molecule has 332 valence electrons. The number of carbonyl (C=O) groups is 1. The van der Waals surface area contributed by atoms with Gasteiger partial charge in [-0.3, -0.25) is 10.2 Å². The van der Waals surface area contributed by atoms with Crippen LogP contribution in [0.5, 0.6) is 5.75 Å². The number of nitrogens with one attached hydrogen (secondary N) is 1. The number of rotatable bonds is 5. The predicted molar refractivity (Wildman–Crippen MR) is 243 cm³/mol. The molecule has 19 nitrogen and oxygen atoms in total. The molecule has 5 aromatic rings. The van der Waals surface area contributed by atoms with Gasteiger partial charge >= 0.3 is 118 Å². The first-order valence-electron chi connectivity index (χ1n) is 14.3. The van der Waals surface area contributed by atoms with Crippen LogP contribution in [-0.4, -0.2) is 80.5 Å². The van der Waals surface area contributed by atoms with Crippen molar-refractivity contribution in [1.82, 2.24) is 0 Å². The molecule has 0 aromatic heterocycles. The number of azo groups is 1. The van der Waals surface area contributed by atoms with Gasteiger partial charge < -0.3 is 106 Å². The number of Topliss-reactive ketones (excluding diaryl/α,β-unsaturated/α-hetero) is 1. The summed E-state index contributed by atoms with van der Waals surface area (Å²) in [4.78, 5) is 13.4. The zero-order valence-electron chi connectivity index (χ0n) is 34.8. The van der Waals surface area contributed by atoms with Crippen LogP contribution in [0, 0.1) is 26.2 Å². The van der Waals surface area contributed by atoms with Crippen LogP contribution in [-0.2, 0) is 25.3 Å². The van der Waals surface area contributed by atoms with Crippen molar-refractivity contribution in [2.45, 2.75) is 40.4 Å². The maximum Gasteiger partial charge on any atom is 1.00 e. The number of nitrogens with zero attached hydrogens (tertiary/aromatic N) is 2. The van der Waals surface area contributed by atoms with Crippen LogP contribution in [0.25, 0.3) is 28.0 Å². The fraction of sp³-hybridized carbons (Fsp3) is 0.0857. The van der Waals surface area contributed by atoms with Crippen molar-refractivity contribution in [3.63, 3.8) is 0 Å². The number of ketones is 1. The molecule has 62 heavy (non-hydrogen) atoms. The van der Waals surface area contributed by atoms with E-state index in [1.807, 2.05) is 19.1 Å². The molecule has 27 heteroatoms. The van der Waals surface area contributed by atoms with E-state index in [1.54, 1.807) is 30.3 Å². The van der Waals surface area contributed by atoms with Gasteiger partial charge in [0, 0.05) is 51.3 Å². The third-order valence-corrected chi connectivity index (χ3v) is 9.68. The van der Waals surface area contributed by atoms with Crippen LogP contribution < -0.4 is 130 Å². The van der Waals surface area contributed by atoms with Crippen LogP contribution >= 0.6 is 24.1 Å². The number of hydrogen-bond acceptors (Lipinski definition) is 14. The molecule has 27 N–H and O–H groups in total. The summed E-state index contributed by atoms with van der Waals surface area (Å²) in [5.41, 5.74) is 19.7. The summed E-state index contributed by atoms with van der Waals surface area (Å²) in [5.74, 6) is -0.577. The van der Waals surface area contributed by atoms with Gasteiger partial charge in [-0.05, 0) is 78.2 Å². The summed E-state index contributed by atoms with van der Waals surface area (Å²) < 4.78 is 18.5. The number of hydrogen-bond donors (Lipinski definition) is 6. The summed E-state index contributed by atoms with van der Waals surface area (Å²) in [6, 6.07) is 19.0. The van der Waals surface area contributed by atoms with Crippen LogP contribution in [0.3, 0.4) is 0 Å². The van der Waals surface area contributed by atoms with E-state index in [-0.39, 0.29) is 213 Å². The van der Waals surface area contributed by atoms with Crippen LogP contribution in [0.2, 0.25) is 0 Å². The Morgan fingerprint density at radius 3 is 1.60 bits per heavy atom. The van der Waals surface area contributed by atoms with Gasteiger partial charge in [0.2, 0.25) is 5.78 Å². The van der Waals surface area contributed by atoms with Gasteiger partial charge in [-0.25, -0.2) is 0 Å². The minimum atomic E-state index is -0.461. The Morgan fingerprint density at radius 1 is 0.629 bits per heavy atom. The average Bonchev–Trinajstić information content (AvgIpc) is 3.07. The molecule has 0 bridgehead atoms. The molecule has 0 aliphatic heterocycles. The van der Waals surface area contributed by atoms with E-state index in [4.69, 9.17) is 46.7 Å². The van der Waals surface area contributed by atoms with E-state index in [0.29, 0.717) is 65.7 Å². The van der Waals surface area contributed by atoms with Crippen molar-refractivity contribution in [3.05, 3.63) is 94.6 Å². The molecular formula is C35H56N5Na4O14S4+. The van der Waals surface area contributed by atoms with Crippen molar-refractivity contribution < 1.29 is 198 Å². The first-order valence-corrected chi connectivity index (χ1v) is 16.6. The minimum Gasteiger partial charge on any atom is -0.870 e. The molecule has 5 aromatic carbocycles. The van der Waals surface area contributed by atoms with E-state index in [2.05, 4.69) is 48.3 Å². The predicted octanol–water partition coefficient (Wildman–Crippen LogP) is -9.02. The SMILES string of the molecule is Cc1ccc(-c2ccc(N=Nc3ccc4c([S-])cc(SO)c(N)c4c3O)c(C)c2)cc1C.N=C1C=Cc2c(SO)cc([S-])c(N)c2C1=O.O.O.O.O.O.O.O.O.O.[HH].[HH].[HH].[HH].[Na+].[Na+].[Na+].[Na+].[OH-]. The van der Waals surface area contributed by atoms with Gasteiger partial charge in [-0.15, -0.1) is 5.11 Å². The second-order valence-electron chi connectivity index (χ2n) is 11.0. The number of phenolic OH excluding ortho intramolecular Hbond substituents is 1. The van der Waals surface area contributed by atoms with Gasteiger partial charge in [0.25, 0.3) is 0 Å². The first kappa shape index (κ1) is 84.5. The zero-order chi connectivity index (χ0) is 34.9. The number of anilines is 2. The second-order valence-corrected chi connectivity index (χ2v) is 13.1. The maximum atomic E-state index is 11.8. The largest absolute Gasteiger partial charge is 1.00 e. The van der Waals surface area contributed by atoms with Gasteiger partial charge in [-0.1, -0.05) is 48.5 Å². The fourth-order valence-electron chi connectivity index (χ4n) is 5.12. The summed E-state index contributed by atoms with van der Waals surface area (Å²) >= 11 is 11.3. The number of nitrogen functional groups attached to an aromatic ring is 2. The number of phenols is 1. The van der Waals surface area contributed by atoms with E-state index in [9.17, 15) is 14.5 Å². The smallest absolute Gasteiger partial charge is 0.870 e. The number of carbonyl (C=O) groups excluding carboxylic acids is 1. The Morgan fingerprint density at radius 2 is 1.10 bits per heavy atom. The summed E-state index contributed by atoms with van der Waals surface area (Å²) in [5, 5.41) is 27.8. The molecule has 0 saturated heterocycles. The molecule has 0 amide bonds. The second kappa shape index (κ2) is 37.2. The van der Waals surface area contributed by atoms with Gasteiger partial charge in [0.1, 0.15) is 11.4 Å². The molecule has 0 unspecified atom stereocenters.